The van der Waals surface area contributed by atoms with Gasteiger partial charge in [0.2, 0.25) is 0 Å². The SMILES string of the molecule is Cc1ccc([C@@](C)(O)Cc2ccccn2)cc1. The van der Waals surface area contributed by atoms with E-state index in [1.165, 1.54) is 5.56 Å². The number of benzene rings is 1. The zero-order valence-corrected chi connectivity index (χ0v) is 10.2. The van der Waals surface area contributed by atoms with Gasteiger partial charge in [0.05, 0.1) is 5.60 Å². The van der Waals surface area contributed by atoms with Crippen LogP contribution in [0, 0.1) is 6.92 Å². The van der Waals surface area contributed by atoms with Crippen LogP contribution in [0.15, 0.2) is 48.7 Å². The molecule has 2 rings (SSSR count). The van der Waals surface area contributed by atoms with Gasteiger partial charge in [-0.1, -0.05) is 35.9 Å². The molecule has 1 heterocycles. The van der Waals surface area contributed by atoms with Gasteiger partial charge in [0.25, 0.3) is 0 Å². The Morgan fingerprint density at radius 1 is 1.12 bits per heavy atom. The normalized spacial score (nSPS) is 14.3. The number of aromatic nitrogens is 1. The van der Waals surface area contributed by atoms with Crippen molar-refractivity contribution >= 4 is 0 Å². The second-order valence-electron chi connectivity index (χ2n) is 4.64. The van der Waals surface area contributed by atoms with Crippen LogP contribution >= 0.6 is 0 Å². The Morgan fingerprint density at radius 2 is 1.82 bits per heavy atom. The first kappa shape index (κ1) is 11.8. The molecule has 2 nitrogen and oxygen atoms in total. The molecule has 1 atom stereocenters. The summed E-state index contributed by atoms with van der Waals surface area (Å²) < 4.78 is 0. The van der Waals surface area contributed by atoms with Crippen molar-refractivity contribution in [3.63, 3.8) is 0 Å². The first-order valence-electron chi connectivity index (χ1n) is 5.77. The Morgan fingerprint density at radius 3 is 2.41 bits per heavy atom. The lowest BCUT2D eigenvalue weighted by atomic mass is 9.90. The molecule has 17 heavy (non-hydrogen) atoms. The molecule has 1 aromatic carbocycles. The van der Waals surface area contributed by atoms with E-state index in [-0.39, 0.29) is 0 Å². The summed E-state index contributed by atoms with van der Waals surface area (Å²) in [4.78, 5) is 4.25. The van der Waals surface area contributed by atoms with Crippen LogP contribution in [0.4, 0.5) is 0 Å². The van der Waals surface area contributed by atoms with Gasteiger partial charge in [0.15, 0.2) is 0 Å². The summed E-state index contributed by atoms with van der Waals surface area (Å²) in [5.74, 6) is 0. The first-order chi connectivity index (χ1) is 8.08. The molecule has 0 radical (unpaired) electrons. The van der Waals surface area contributed by atoms with E-state index in [0.29, 0.717) is 6.42 Å². The molecule has 2 aromatic rings. The van der Waals surface area contributed by atoms with E-state index in [9.17, 15) is 5.11 Å². The van der Waals surface area contributed by atoms with Gasteiger partial charge in [-0.05, 0) is 31.5 Å². The summed E-state index contributed by atoms with van der Waals surface area (Å²) in [6.45, 7) is 3.86. The molecule has 0 aliphatic rings. The highest BCUT2D eigenvalue weighted by Crippen LogP contribution is 2.24. The molecule has 1 aromatic heterocycles. The number of hydrogen-bond donors (Lipinski definition) is 1. The molecule has 1 N–H and O–H groups in total. The maximum absolute atomic E-state index is 10.5. The summed E-state index contributed by atoms with van der Waals surface area (Å²) in [6, 6.07) is 13.7. The van der Waals surface area contributed by atoms with Gasteiger partial charge in [-0.25, -0.2) is 0 Å². The Labute approximate surface area is 102 Å². The number of aryl methyl sites for hydroxylation is 1. The fraction of sp³-hybridized carbons (Fsp3) is 0.267. The minimum Gasteiger partial charge on any atom is -0.385 e. The first-order valence-corrected chi connectivity index (χ1v) is 5.77. The second-order valence-corrected chi connectivity index (χ2v) is 4.64. The number of hydrogen-bond acceptors (Lipinski definition) is 2. The van der Waals surface area contributed by atoms with Crippen molar-refractivity contribution in [2.24, 2.45) is 0 Å². The molecule has 0 amide bonds. The van der Waals surface area contributed by atoms with Gasteiger partial charge in [0.1, 0.15) is 0 Å². The monoisotopic (exact) mass is 227 g/mol. The molecule has 0 unspecified atom stereocenters. The van der Waals surface area contributed by atoms with Crippen LogP contribution in [0.1, 0.15) is 23.7 Å². The van der Waals surface area contributed by atoms with Crippen LogP contribution in [-0.4, -0.2) is 10.1 Å². The van der Waals surface area contributed by atoms with Crippen molar-refractivity contribution < 1.29 is 5.11 Å². The fourth-order valence-corrected chi connectivity index (χ4v) is 1.87. The maximum atomic E-state index is 10.5. The van der Waals surface area contributed by atoms with E-state index >= 15 is 0 Å². The van der Waals surface area contributed by atoms with Crippen molar-refractivity contribution in [1.29, 1.82) is 0 Å². The van der Waals surface area contributed by atoms with Crippen LogP contribution in [0.5, 0.6) is 0 Å². The lowest BCUT2D eigenvalue weighted by Gasteiger charge is -2.23. The highest BCUT2D eigenvalue weighted by Gasteiger charge is 2.23. The number of nitrogens with zero attached hydrogens (tertiary/aromatic N) is 1. The van der Waals surface area contributed by atoms with Gasteiger partial charge in [0, 0.05) is 18.3 Å². The lowest BCUT2D eigenvalue weighted by Crippen LogP contribution is -2.24. The Balaban J connectivity index is 2.21. The average Bonchev–Trinajstić information content (AvgIpc) is 2.30. The average molecular weight is 227 g/mol. The van der Waals surface area contributed by atoms with Gasteiger partial charge >= 0.3 is 0 Å². The van der Waals surface area contributed by atoms with Gasteiger partial charge in [-0.15, -0.1) is 0 Å². The summed E-state index contributed by atoms with van der Waals surface area (Å²) in [7, 11) is 0. The molecule has 0 aliphatic carbocycles. The highest BCUT2D eigenvalue weighted by atomic mass is 16.3. The smallest absolute Gasteiger partial charge is 0.0923 e. The van der Waals surface area contributed by atoms with E-state index in [1.807, 2.05) is 56.3 Å². The van der Waals surface area contributed by atoms with Crippen LogP contribution in [-0.2, 0) is 12.0 Å². The summed E-state index contributed by atoms with van der Waals surface area (Å²) in [6.07, 6.45) is 2.28. The zero-order chi connectivity index (χ0) is 12.3. The molecular weight excluding hydrogens is 210 g/mol. The minimum absolute atomic E-state index is 0.525. The van der Waals surface area contributed by atoms with Crippen LogP contribution in [0.3, 0.4) is 0 Å². The molecule has 88 valence electrons. The molecule has 2 heteroatoms. The quantitative estimate of drug-likeness (QED) is 0.874. The predicted octanol–water partition coefficient (Wildman–Crippen LogP) is 2.84. The summed E-state index contributed by atoms with van der Waals surface area (Å²) >= 11 is 0. The molecule has 0 bridgehead atoms. The van der Waals surface area contributed by atoms with Crippen molar-refractivity contribution in [1.82, 2.24) is 4.98 Å². The predicted molar refractivity (Wildman–Crippen MR) is 68.7 cm³/mol. The Kier molecular flexibility index (Phi) is 3.25. The minimum atomic E-state index is -0.873. The molecule has 0 saturated carbocycles. The zero-order valence-electron chi connectivity index (χ0n) is 10.2. The standard InChI is InChI=1S/C15H17NO/c1-12-6-8-13(9-7-12)15(2,17)11-14-5-3-4-10-16-14/h3-10,17H,11H2,1-2H3/t15-/m0/s1. The Bertz CT molecular complexity index is 474. The van der Waals surface area contributed by atoms with E-state index in [0.717, 1.165) is 11.3 Å². The van der Waals surface area contributed by atoms with E-state index < -0.39 is 5.60 Å². The Hall–Kier alpha value is -1.67. The number of rotatable bonds is 3. The molecule has 0 fully saturated rings. The fourth-order valence-electron chi connectivity index (χ4n) is 1.87. The lowest BCUT2D eigenvalue weighted by molar-refractivity contribution is 0.0566. The molecular formula is C15H17NO. The third kappa shape index (κ3) is 2.92. The van der Waals surface area contributed by atoms with Crippen molar-refractivity contribution in [3.8, 4) is 0 Å². The third-order valence-electron chi connectivity index (χ3n) is 2.92. The van der Waals surface area contributed by atoms with Crippen LogP contribution in [0.2, 0.25) is 0 Å². The maximum Gasteiger partial charge on any atom is 0.0923 e. The van der Waals surface area contributed by atoms with Crippen molar-refractivity contribution in [2.45, 2.75) is 25.9 Å². The molecule has 0 saturated heterocycles. The summed E-state index contributed by atoms with van der Waals surface area (Å²) in [5.41, 5.74) is 2.15. The van der Waals surface area contributed by atoms with Crippen molar-refractivity contribution in [2.75, 3.05) is 0 Å². The van der Waals surface area contributed by atoms with Gasteiger partial charge in [-0.2, -0.15) is 0 Å². The topological polar surface area (TPSA) is 33.1 Å². The van der Waals surface area contributed by atoms with Gasteiger partial charge in [-0.3, -0.25) is 4.98 Å². The highest BCUT2D eigenvalue weighted by molar-refractivity contribution is 5.27. The largest absolute Gasteiger partial charge is 0.385 e. The molecule has 0 aliphatic heterocycles. The van der Waals surface area contributed by atoms with Crippen LogP contribution in [0.25, 0.3) is 0 Å². The van der Waals surface area contributed by atoms with E-state index in [2.05, 4.69) is 4.98 Å². The van der Waals surface area contributed by atoms with Gasteiger partial charge < -0.3 is 5.11 Å². The number of pyridine rings is 1. The third-order valence-corrected chi connectivity index (χ3v) is 2.92. The molecule has 0 spiro atoms. The van der Waals surface area contributed by atoms with Crippen LogP contribution < -0.4 is 0 Å². The van der Waals surface area contributed by atoms with E-state index in [1.54, 1.807) is 6.20 Å². The van der Waals surface area contributed by atoms with E-state index in [4.69, 9.17) is 0 Å². The second kappa shape index (κ2) is 4.68. The number of aliphatic hydroxyl groups is 1. The summed E-state index contributed by atoms with van der Waals surface area (Å²) in [5, 5.41) is 10.5. The van der Waals surface area contributed by atoms with Crippen molar-refractivity contribution in [3.05, 3.63) is 65.5 Å².